The quantitative estimate of drug-likeness (QED) is 0.363. The van der Waals surface area contributed by atoms with Crippen molar-refractivity contribution in [2.75, 3.05) is 13.7 Å². The maximum Gasteiger partial charge on any atom is 0.308 e. The zero-order valence-corrected chi connectivity index (χ0v) is 13.7. The van der Waals surface area contributed by atoms with E-state index in [-0.39, 0.29) is 5.92 Å². The lowest BCUT2D eigenvalue weighted by atomic mass is 10.0. The number of methoxy groups -OCH3 is 1. The number of hydrogen-bond acceptors (Lipinski definition) is 2. The van der Waals surface area contributed by atoms with Crippen LogP contribution >= 0.6 is 0 Å². The minimum atomic E-state index is -0.767. The highest BCUT2D eigenvalue weighted by Crippen LogP contribution is 2.09. The lowest BCUT2D eigenvalue weighted by molar-refractivity contribution is -0.143. The fraction of sp³-hybridized carbons (Fsp3) is 0.722. The Balaban J connectivity index is 3.51. The number of carboxylic acids is 1. The predicted molar refractivity (Wildman–Crippen MR) is 88.5 cm³/mol. The van der Waals surface area contributed by atoms with Gasteiger partial charge < -0.3 is 9.84 Å². The van der Waals surface area contributed by atoms with Crippen LogP contribution in [-0.4, -0.2) is 24.8 Å². The van der Waals surface area contributed by atoms with E-state index >= 15 is 0 Å². The standard InChI is InChI=1S/C18H32O3/c1-3-4-5-6-7-8-9-10-11-12-13-14-15-17(16-21-2)18(19)20/h8-9,12-13,17H,3-7,10-11,14-16H2,1-2H3,(H,19,20). The number of allylic oxidation sites excluding steroid dienone is 4. The first-order chi connectivity index (χ1) is 10.2. The Bertz CT molecular complexity index is 295. The van der Waals surface area contributed by atoms with Crippen LogP contribution in [-0.2, 0) is 9.53 Å². The van der Waals surface area contributed by atoms with Crippen molar-refractivity contribution < 1.29 is 14.6 Å². The van der Waals surface area contributed by atoms with Crippen LogP contribution in [0.5, 0.6) is 0 Å². The maximum absolute atomic E-state index is 10.9. The normalized spacial score (nSPS) is 13.2. The first-order valence-electron chi connectivity index (χ1n) is 8.24. The highest BCUT2D eigenvalue weighted by molar-refractivity contribution is 5.70. The second kappa shape index (κ2) is 15.3. The number of carboxylic acid groups (broad SMARTS) is 1. The molecule has 1 N–H and O–H groups in total. The van der Waals surface area contributed by atoms with Crippen molar-refractivity contribution in [3.8, 4) is 0 Å². The molecule has 21 heavy (non-hydrogen) atoms. The zero-order valence-electron chi connectivity index (χ0n) is 13.7. The Labute approximate surface area is 130 Å². The molecule has 0 fully saturated rings. The number of ether oxygens (including phenoxy) is 1. The molecule has 0 aromatic heterocycles. The summed E-state index contributed by atoms with van der Waals surface area (Å²) in [6.07, 6.45) is 18.8. The van der Waals surface area contributed by atoms with E-state index < -0.39 is 5.97 Å². The molecule has 1 atom stereocenters. The maximum atomic E-state index is 10.9. The molecule has 3 nitrogen and oxygen atoms in total. The van der Waals surface area contributed by atoms with Crippen molar-refractivity contribution >= 4 is 5.97 Å². The van der Waals surface area contributed by atoms with Crippen LogP contribution in [0.2, 0.25) is 0 Å². The van der Waals surface area contributed by atoms with Crippen molar-refractivity contribution in [3.05, 3.63) is 24.3 Å². The SMILES string of the molecule is CCCCCCC=CCCC=CCCC(COC)C(=O)O. The molecule has 1 unspecified atom stereocenters. The van der Waals surface area contributed by atoms with Crippen LogP contribution in [0.15, 0.2) is 24.3 Å². The van der Waals surface area contributed by atoms with Crippen molar-refractivity contribution in [1.29, 1.82) is 0 Å². The van der Waals surface area contributed by atoms with Gasteiger partial charge in [-0.2, -0.15) is 0 Å². The number of unbranched alkanes of at least 4 members (excludes halogenated alkanes) is 5. The Morgan fingerprint density at radius 2 is 1.62 bits per heavy atom. The molecule has 0 saturated carbocycles. The lowest BCUT2D eigenvalue weighted by Crippen LogP contribution is -2.18. The number of hydrogen-bond donors (Lipinski definition) is 1. The van der Waals surface area contributed by atoms with Crippen LogP contribution in [0.4, 0.5) is 0 Å². The Kier molecular flexibility index (Phi) is 14.5. The van der Waals surface area contributed by atoms with Gasteiger partial charge in [-0.05, 0) is 38.5 Å². The van der Waals surface area contributed by atoms with Crippen LogP contribution in [0, 0.1) is 5.92 Å². The van der Waals surface area contributed by atoms with E-state index in [4.69, 9.17) is 9.84 Å². The average molecular weight is 296 g/mol. The van der Waals surface area contributed by atoms with Gasteiger partial charge in [-0.25, -0.2) is 0 Å². The summed E-state index contributed by atoms with van der Waals surface area (Å²) in [4.78, 5) is 10.9. The number of aliphatic carboxylic acids is 1. The number of carbonyl (C=O) groups is 1. The van der Waals surface area contributed by atoms with Gasteiger partial charge in [-0.1, -0.05) is 50.5 Å². The topological polar surface area (TPSA) is 46.5 Å². The van der Waals surface area contributed by atoms with Gasteiger partial charge in [0, 0.05) is 7.11 Å². The molecular weight excluding hydrogens is 264 g/mol. The summed E-state index contributed by atoms with van der Waals surface area (Å²) >= 11 is 0. The molecule has 0 amide bonds. The smallest absolute Gasteiger partial charge is 0.308 e. The van der Waals surface area contributed by atoms with E-state index in [1.54, 1.807) is 7.11 Å². The van der Waals surface area contributed by atoms with E-state index in [1.807, 2.05) is 0 Å². The van der Waals surface area contributed by atoms with Gasteiger partial charge >= 0.3 is 5.97 Å². The minimum absolute atomic E-state index is 0.296. The summed E-state index contributed by atoms with van der Waals surface area (Å²) in [5, 5.41) is 8.97. The van der Waals surface area contributed by atoms with Crippen LogP contribution in [0.25, 0.3) is 0 Å². The molecular formula is C18H32O3. The van der Waals surface area contributed by atoms with Crippen molar-refractivity contribution in [2.45, 2.75) is 64.7 Å². The Morgan fingerprint density at radius 3 is 2.19 bits per heavy atom. The molecule has 0 aromatic carbocycles. The Morgan fingerprint density at radius 1 is 1.00 bits per heavy atom. The third-order valence-electron chi connectivity index (χ3n) is 3.46. The summed E-state index contributed by atoms with van der Waals surface area (Å²) < 4.78 is 4.91. The summed E-state index contributed by atoms with van der Waals surface area (Å²) in [5.41, 5.74) is 0. The molecule has 0 bridgehead atoms. The van der Waals surface area contributed by atoms with Gasteiger partial charge in [0.15, 0.2) is 0 Å². The van der Waals surface area contributed by atoms with Gasteiger partial charge in [0.1, 0.15) is 0 Å². The fourth-order valence-electron chi connectivity index (χ4n) is 2.13. The largest absolute Gasteiger partial charge is 0.481 e. The highest BCUT2D eigenvalue weighted by atomic mass is 16.5. The van der Waals surface area contributed by atoms with E-state index in [9.17, 15) is 4.79 Å². The predicted octanol–water partition coefficient (Wildman–Crippen LogP) is 4.98. The second-order valence-corrected chi connectivity index (χ2v) is 5.44. The molecule has 0 spiro atoms. The minimum Gasteiger partial charge on any atom is -0.481 e. The average Bonchev–Trinajstić information content (AvgIpc) is 2.47. The summed E-state index contributed by atoms with van der Waals surface area (Å²) in [5.74, 6) is -1.15. The summed E-state index contributed by atoms with van der Waals surface area (Å²) in [7, 11) is 1.54. The highest BCUT2D eigenvalue weighted by Gasteiger charge is 2.15. The van der Waals surface area contributed by atoms with Gasteiger partial charge in [-0.3, -0.25) is 4.79 Å². The van der Waals surface area contributed by atoms with E-state index in [2.05, 4.69) is 31.2 Å². The molecule has 0 rings (SSSR count). The Hall–Kier alpha value is -1.09. The monoisotopic (exact) mass is 296 g/mol. The van der Waals surface area contributed by atoms with Gasteiger partial charge in [0.2, 0.25) is 0 Å². The third-order valence-corrected chi connectivity index (χ3v) is 3.46. The molecule has 0 radical (unpaired) electrons. The summed E-state index contributed by atoms with van der Waals surface area (Å²) in [6.45, 7) is 2.53. The number of rotatable bonds is 14. The molecule has 0 aliphatic rings. The van der Waals surface area contributed by atoms with E-state index in [0.29, 0.717) is 13.0 Å². The van der Waals surface area contributed by atoms with Gasteiger partial charge in [0.25, 0.3) is 0 Å². The second-order valence-electron chi connectivity index (χ2n) is 5.44. The molecule has 0 aromatic rings. The first-order valence-corrected chi connectivity index (χ1v) is 8.24. The zero-order chi connectivity index (χ0) is 15.8. The molecule has 0 aliphatic heterocycles. The summed E-state index contributed by atoms with van der Waals surface area (Å²) in [6, 6.07) is 0. The van der Waals surface area contributed by atoms with Crippen LogP contribution in [0.1, 0.15) is 64.7 Å². The van der Waals surface area contributed by atoms with E-state index in [0.717, 1.165) is 19.3 Å². The first kappa shape index (κ1) is 19.9. The fourth-order valence-corrected chi connectivity index (χ4v) is 2.13. The molecule has 0 saturated heterocycles. The molecule has 0 aliphatic carbocycles. The van der Waals surface area contributed by atoms with Crippen molar-refractivity contribution in [1.82, 2.24) is 0 Å². The van der Waals surface area contributed by atoms with Gasteiger partial charge in [0.05, 0.1) is 12.5 Å². The third kappa shape index (κ3) is 13.6. The lowest BCUT2D eigenvalue weighted by Gasteiger charge is -2.08. The van der Waals surface area contributed by atoms with E-state index in [1.165, 1.54) is 32.1 Å². The van der Waals surface area contributed by atoms with Crippen molar-refractivity contribution in [3.63, 3.8) is 0 Å². The van der Waals surface area contributed by atoms with Crippen LogP contribution in [0.3, 0.4) is 0 Å². The van der Waals surface area contributed by atoms with Gasteiger partial charge in [-0.15, -0.1) is 0 Å². The molecule has 3 heteroatoms. The van der Waals surface area contributed by atoms with Crippen LogP contribution < -0.4 is 0 Å². The molecule has 122 valence electrons. The molecule has 0 heterocycles. The van der Waals surface area contributed by atoms with Crippen molar-refractivity contribution in [2.24, 2.45) is 5.92 Å².